The zero-order valence-electron chi connectivity index (χ0n) is 13.5. The van der Waals surface area contributed by atoms with Crippen LogP contribution in [-0.4, -0.2) is 18.0 Å². The largest absolute Gasteiger partial charge is 0.452 e. The number of halogens is 2. The minimum absolute atomic E-state index is 0.0369. The van der Waals surface area contributed by atoms with Gasteiger partial charge in [0.25, 0.3) is 5.91 Å². The van der Waals surface area contributed by atoms with Crippen LogP contribution in [0.1, 0.15) is 24.8 Å². The van der Waals surface area contributed by atoms with Gasteiger partial charge in [0.15, 0.2) is 6.10 Å². The summed E-state index contributed by atoms with van der Waals surface area (Å²) >= 11 is 3.32. The zero-order valence-corrected chi connectivity index (χ0v) is 15.1. The Morgan fingerprint density at radius 2 is 1.80 bits per heavy atom. The van der Waals surface area contributed by atoms with Gasteiger partial charge >= 0.3 is 5.97 Å². The summed E-state index contributed by atoms with van der Waals surface area (Å²) in [7, 11) is 0. The second-order valence-electron chi connectivity index (χ2n) is 6.08. The second-order valence-corrected chi connectivity index (χ2v) is 6.99. The lowest BCUT2D eigenvalue weighted by molar-refractivity contribution is -0.154. The van der Waals surface area contributed by atoms with Gasteiger partial charge in [-0.3, -0.25) is 9.59 Å². The highest BCUT2D eigenvalue weighted by molar-refractivity contribution is 9.10. The fourth-order valence-electron chi connectivity index (χ4n) is 2.63. The van der Waals surface area contributed by atoms with Gasteiger partial charge in [0.05, 0.1) is 5.92 Å². The molecule has 0 radical (unpaired) electrons. The third-order valence-electron chi connectivity index (χ3n) is 4.17. The summed E-state index contributed by atoms with van der Waals surface area (Å²) in [6, 6.07) is 13.2. The van der Waals surface area contributed by atoms with Crippen LogP contribution in [0.2, 0.25) is 0 Å². The third kappa shape index (κ3) is 4.45. The van der Waals surface area contributed by atoms with Crippen LogP contribution in [0.4, 0.5) is 10.1 Å². The molecule has 3 rings (SSSR count). The molecule has 3 unspecified atom stereocenters. The first-order valence-corrected chi connectivity index (χ1v) is 8.75. The fourth-order valence-corrected chi connectivity index (χ4v) is 2.89. The normalized spacial score (nSPS) is 19.8. The summed E-state index contributed by atoms with van der Waals surface area (Å²) in [4.78, 5) is 24.3. The predicted octanol–water partition coefficient (Wildman–Crippen LogP) is 4.26. The molecule has 2 aromatic rings. The standard InChI is InChI=1S/C19H17BrFNO3/c1-11(18(23)22-15-8-4-13(20)5-9-15)25-19(24)17-10-16(17)12-2-6-14(21)7-3-12/h2-9,11,16-17H,10H2,1H3,(H,22,23). The van der Waals surface area contributed by atoms with Crippen molar-refractivity contribution >= 4 is 33.5 Å². The molecule has 6 heteroatoms. The van der Waals surface area contributed by atoms with E-state index in [0.717, 1.165) is 10.0 Å². The molecule has 0 saturated heterocycles. The fraction of sp³-hybridized carbons (Fsp3) is 0.263. The number of rotatable bonds is 5. The number of hydrogen-bond donors (Lipinski definition) is 1. The molecule has 1 fully saturated rings. The summed E-state index contributed by atoms with van der Waals surface area (Å²) in [5, 5.41) is 2.70. The second kappa shape index (κ2) is 7.35. The lowest BCUT2D eigenvalue weighted by atomic mass is 10.1. The van der Waals surface area contributed by atoms with Crippen molar-refractivity contribution in [3.05, 3.63) is 64.4 Å². The predicted molar refractivity (Wildman–Crippen MR) is 95.6 cm³/mol. The van der Waals surface area contributed by atoms with Gasteiger partial charge in [0.2, 0.25) is 0 Å². The number of amides is 1. The molecule has 1 amide bonds. The molecule has 4 nitrogen and oxygen atoms in total. The van der Waals surface area contributed by atoms with E-state index in [1.165, 1.54) is 12.1 Å². The van der Waals surface area contributed by atoms with E-state index in [4.69, 9.17) is 4.74 Å². The topological polar surface area (TPSA) is 55.4 Å². The summed E-state index contributed by atoms with van der Waals surface area (Å²) in [6.45, 7) is 1.54. The van der Waals surface area contributed by atoms with E-state index in [1.807, 2.05) is 12.1 Å². The van der Waals surface area contributed by atoms with Gasteiger partial charge in [-0.1, -0.05) is 28.1 Å². The molecule has 1 aliphatic rings. The number of hydrogen-bond acceptors (Lipinski definition) is 3. The lowest BCUT2D eigenvalue weighted by Crippen LogP contribution is -2.30. The first-order valence-electron chi connectivity index (χ1n) is 7.96. The van der Waals surface area contributed by atoms with E-state index in [1.54, 1.807) is 31.2 Å². The van der Waals surface area contributed by atoms with Crippen molar-refractivity contribution in [1.29, 1.82) is 0 Å². The van der Waals surface area contributed by atoms with Crippen molar-refractivity contribution in [2.24, 2.45) is 5.92 Å². The molecular formula is C19H17BrFNO3. The van der Waals surface area contributed by atoms with Crippen LogP contribution in [0.3, 0.4) is 0 Å². The van der Waals surface area contributed by atoms with E-state index in [0.29, 0.717) is 12.1 Å². The Bertz CT molecular complexity index is 776. The molecule has 3 atom stereocenters. The van der Waals surface area contributed by atoms with Crippen LogP contribution < -0.4 is 5.32 Å². The van der Waals surface area contributed by atoms with E-state index >= 15 is 0 Å². The van der Waals surface area contributed by atoms with Crippen LogP contribution in [0.25, 0.3) is 0 Å². The van der Waals surface area contributed by atoms with Gasteiger partial charge in [-0.15, -0.1) is 0 Å². The Hall–Kier alpha value is -2.21. The highest BCUT2D eigenvalue weighted by Crippen LogP contribution is 2.48. The Morgan fingerprint density at radius 3 is 2.44 bits per heavy atom. The van der Waals surface area contributed by atoms with E-state index < -0.39 is 12.1 Å². The molecule has 1 aliphatic carbocycles. The first-order chi connectivity index (χ1) is 11.9. The molecule has 2 aromatic carbocycles. The monoisotopic (exact) mass is 405 g/mol. The molecule has 1 N–H and O–H groups in total. The Labute approximate surface area is 153 Å². The Balaban J connectivity index is 1.51. The summed E-state index contributed by atoms with van der Waals surface area (Å²) < 4.78 is 19.1. The summed E-state index contributed by atoms with van der Waals surface area (Å²) in [5.74, 6) is -1.31. The van der Waals surface area contributed by atoms with Gasteiger partial charge in [0, 0.05) is 10.2 Å². The lowest BCUT2D eigenvalue weighted by Gasteiger charge is -2.13. The van der Waals surface area contributed by atoms with E-state index in [9.17, 15) is 14.0 Å². The first kappa shape index (κ1) is 17.6. The quantitative estimate of drug-likeness (QED) is 0.755. The Morgan fingerprint density at radius 1 is 1.16 bits per heavy atom. The van der Waals surface area contributed by atoms with Gasteiger partial charge in [0.1, 0.15) is 5.82 Å². The van der Waals surface area contributed by atoms with Crippen molar-refractivity contribution in [1.82, 2.24) is 0 Å². The molecule has 130 valence electrons. The molecule has 0 aromatic heterocycles. The van der Waals surface area contributed by atoms with Crippen LogP contribution in [-0.2, 0) is 14.3 Å². The van der Waals surface area contributed by atoms with Gasteiger partial charge < -0.3 is 10.1 Å². The number of carbonyl (C=O) groups excluding carboxylic acids is 2. The maximum atomic E-state index is 12.9. The van der Waals surface area contributed by atoms with Crippen molar-refractivity contribution in [2.45, 2.75) is 25.4 Å². The SMILES string of the molecule is CC(OC(=O)C1CC1c1ccc(F)cc1)C(=O)Nc1ccc(Br)cc1. The van der Waals surface area contributed by atoms with Crippen molar-refractivity contribution in [3.8, 4) is 0 Å². The maximum absolute atomic E-state index is 12.9. The number of ether oxygens (including phenoxy) is 1. The summed E-state index contributed by atoms with van der Waals surface area (Å²) in [6.07, 6.45) is -0.225. The van der Waals surface area contributed by atoms with Crippen LogP contribution in [0.15, 0.2) is 53.0 Å². The number of nitrogens with one attached hydrogen (secondary N) is 1. The van der Waals surface area contributed by atoms with Crippen LogP contribution >= 0.6 is 15.9 Å². The average molecular weight is 406 g/mol. The molecule has 1 saturated carbocycles. The molecule has 0 heterocycles. The van der Waals surface area contributed by atoms with Crippen molar-refractivity contribution in [2.75, 3.05) is 5.32 Å². The average Bonchev–Trinajstić information content (AvgIpc) is 3.38. The van der Waals surface area contributed by atoms with Crippen molar-refractivity contribution in [3.63, 3.8) is 0 Å². The number of carbonyl (C=O) groups is 2. The molecular weight excluding hydrogens is 389 g/mol. The van der Waals surface area contributed by atoms with Crippen molar-refractivity contribution < 1.29 is 18.7 Å². The Kier molecular flexibility index (Phi) is 5.18. The third-order valence-corrected chi connectivity index (χ3v) is 4.69. The smallest absolute Gasteiger partial charge is 0.310 e. The van der Waals surface area contributed by atoms with Gasteiger partial charge in [-0.25, -0.2) is 4.39 Å². The van der Waals surface area contributed by atoms with Crippen LogP contribution in [0, 0.1) is 11.7 Å². The minimum atomic E-state index is -0.884. The van der Waals surface area contributed by atoms with E-state index in [2.05, 4.69) is 21.2 Å². The zero-order chi connectivity index (χ0) is 18.0. The minimum Gasteiger partial charge on any atom is -0.452 e. The molecule has 0 aliphatic heterocycles. The number of anilines is 1. The van der Waals surface area contributed by atoms with Gasteiger partial charge in [-0.05, 0) is 61.2 Å². The summed E-state index contributed by atoms with van der Waals surface area (Å²) in [5.41, 5.74) is 1.54. The van der Waals surface area contributed by atoms with E-state index in [-0.39, 0.29) is 23.6 Å². The number of benzene rings is 2. The molecule has 25 heavy (non-hydrogen) atoms. The highest BCUT2D eigenvalue weighted by Gasteiger charge is 2.46. The highest BCUT2D eigenvalue weighted by atomic mass is 79.9. The van der Waals surface area contributed by atoms with Crippen LogP contribution in [0.5, 0.6) is 0 Å². The maximum Gasteiger partial charge on any atom is 0.310 e. The van der Waals surface area contributed by atoms with Gasteiger partial charge in [-0.2, -0.15) is 0 Å². The molecule has 0 bridgehead atoms. The number of esters is 1. The molecule has 0 spiro atoms.